The van der Waals surface area contributed by atoms with Gasteiger partial charge >= 0.3 is 0 Å². The van der Waals surface area contributed by atoms with Gasteiger partial charge in [-0.25, -0.2) is 0 Å². The fourth-order valence-electron chi connectivity index (χ4n) is 2.05. The Labute approximate surface area is 108 Å². The molecule has 2 rings (SSSR count). The highest BCUT2D eigenvalue weighted by Crippen LogP contribution is 2.17. The van der Waals surface area contributed by atoms with Crippen molar-refractivity contribution in [3.05, 3.63) is 54.0 Å². The van der Waals surface area contributed by atoms with E-state index in [4.69, 9.17) is 14.9 Å². The van der Waals surface area contributed by atoms with Crippen LogP contribution < -0.4 is 10.5 Å². The van der Waals surface area contributed by atoms with Crippen LogP contribution in [0.2, 0.25) is 0 Å². The lowest BCUT2D eigenvalue weighted by Crippen LogP contribution is -2.19. The van der Waals surface area contributed by atoms with Crippen LogP contribution in [0.5, 0.6) is 5.75 Å². The molecule has 0 amide bonds. The Morgan fingerprint density at radius 1 is 1.17 bits per heavy atom. The minimum Gasteiger partial charge on any atom is -0.497 e. The lowest BCUT2D eigenvalue weighted by molar-refractivity contribution is 0.414. The molecule has 0 aliphatic heterocycles. The van der Waals surface area contributed by atoms with Gasteiger partial charge < -0.3 is 14.9 Å². The standard InChI is InChI=1S/C15H19NO2/c1-17-14-6-4-12(5-7-14)9-13(11-16)10-15-3-2-8-18-15/h2-8,13H,9-11,16H2,1H3. The molecule has 0 radical (unpaired) electrons. The van der Waals surface area contributed by atoms with Gasteiger partial charge in [0.25, 0.3) is 0 Å². The minimum absolute atomic E-state index is 0.407. The van der Waals surface area contributed by atoms with Crippen LogP contribution in [0.3, 0.4) is 0 Å². The maximum atomic E-state index is 5.83. The first-order valence-electron chi connectivity index (χ1n) is 6.17. The maximum absolute atomic E-state index is 5.83. The summed E-state index contributed by atoms with van der Waals surface area (Å²) in [6.07, 6.45) is 3.55. The molecular formula is C15H19NO2. The fraction of sp³-hybridized carbons (Fsp3) is 0.333. The summed E-state index contributed by atoms with van der Waals surface area (Å²) in [4.78, 5) is 0. The monoisotopic (exact) mass is 245 g/mol. The number of nitrogens with two attached hydrogens (primary N) is 1. The molecule has 0 saturated carbocycles. The molecule has 3 nitrogen and oxygen atoms in total. The molecule has 2 aromatic rings. The molecule has 18 heavy (non-hydrogen) atoms. The Kier molecular flexibility index (Phi) is 4.42. The molecule has 0 saturated heterocycles. The zero-order chi connectivity index (χ0) is 12.8. The number of benzene rings is 1. The molecule has 1 unspecified atom stereocenters. The Bertz CT molecular complexity index is 448. The Balaban J connectivity index is 1.96. The molecule has 3 heteroatoms. The molecule has 1 aromatic carbocycles. The largest absolute Gasteiger partial charge is 0.497 e. The molecule has 0 fully saturated rings. The fourth-order valence-corrected chi connectivity index (χ4v) is 2.05. The zero-order valence-electron chi connectivity index (χ0n) is 10.6. The smallest absolute Gasteiger partial charge is 0.118 e. The van der Waals surface area contributed by atoms with Gasteiger partial charge in [-0.1, -0.05) is 12.1 Å². The quantitative estimate of drug-likeness (QED) is 0.851. The molecule has 1 atom stereocenters. The van der Waals surface area contributed by atoms with E-state index in [1.165, 1.54) is 5.56 Å². The highest BCUT2D eigenvalue weighted by atomic mass is 16.5. The summed E-state index contributed by atoms with van der Waals surface area (Å²) in [5, 5.41) is 0. The Morgan fingerprint density at radius 2 is 1.94 bits per heavy atom. The number of hydrogen-bond donors (Lipinski definition) is 1. The van der Waals surface area contributed by atoms with Crippen molar-refractivity contribution < 1.29 is 9.15 Å². The van der Waals surface area contributed by atoms with Crippen LogP contribution in [0.15, 0.2) is 47.1 Å². The SMILES string of the molecule is COc1ccc(CC(CN)Cc2ccco2)cc1. The van der Waals surface area contributed by atoms with E-state index in [2.05, 4.69) is 12.1 Å². The molecule has 2 N–H and O–H groups in total. The van der Waals surface area contributed by atoms with Crippen molar-refractivity contribution in [1.29, 1.82) is 0 Å². The molecule has 0 bridgehead atoms. The third kappa shape index (κ3) is 3.37. The van der Waals surface area contributed by atoms with E-state index in [0.717, 1.165) is 24.4 Å². The predicted molar refractivity (Wildman–Crippen MR) is 71.7 cm³/mol. The first kappa shape index (κ1) is 12.7. The average Bonchev–Trinajstić information content (AvgIpc) is 2.91. The van der Waals surface area contributed by atoms with Crippen molar-refractivity contribution in [3.63, 3.8) is 0 Å². The van der Waals surface area contributed by atoms with Crippen molar-refractivity contribution in [1.82, 2.24) is 0 Å². The van der Waals surface area contributed by atoms with Gasteiger partial charge in [-0.05, 0) is 48.7 Å². The molecule has 1 heterocycles. The van der Waals surface area contributed by atoms with Crippen LogP contribution in [-0.2, 0) is 12.8 Å². The van der Waals surface area contributed by atoms with Crippen molar-refractivity contribution >= 4 is 0 Å². The van der Waals surface area contributed by atoms with E-state index in [0.29, 0.717) is 12.5 Å². The topological polar surface area (TPSA) is 48.4 Å². The van der Waals surface area contributed by atoms with Gasteiger partial charge in [-0.2, -0.15) is 0 Å². The molecule has 1 aromatic heterocycles. The second kappa shape index (κ2) is 6.26. The van der Waals surface area contributed by atoms with Crippen LogP contribution in [0.4, 0.5) is 0 Å². The number of rotatable bonds is 6. The van der Waals surface area contributed by atoms with Crippen LogP contribution >= 0.6 is 0 Å². The van der Waals surface area contributed by atoms with E-state index in [1.54, 1.807) is 13.4 Å². The van der Waals surface area contributed by atoms with Gasteiger partial charge in [0.15, 0.2) is 0 Å². The zero-order valence-corrected chi connectivity index (χ0v) is 10.6. The normalized spacial score (nSPS) is 12.3. The van der Waals surface area contributed by atoms with Gasteiger partial charge in [0.1, 0.15) is 11.5 Å². The van der Waals surface area contributed by atoms with Gasteiger partial charge in [0.2, 0.25) is 0 Å². The summed E-state index contributed by atoms with van der Waals surface area (Å²) in [5.41, 5.74) is 7.10. The summed E-state index contributed by atoms with van der Waals surface area (Å²) in [6.45, 7) is 0.659. The minimum atomic E-state index is 0.407. The van der Waals surface area contributed by atoms with Crippen LogP contribution in [0.25, 0.3) is 0 Å². The van der Waals surface area contributed by atoms with Crippen LogP contribution in [-0.4, -0.2) is 13.7 Å². The van der Waals surface area contributed by atoms with Crippen molar-refractivity contribution in [2.24, 2.45) is 11.7 Å². The molecular weight excluding hydrogens is 226 g/mol. The van der Waals surface area contributed by atoms with E-state index in [1.807, 2.05) is 24.3 Å². The van der Waals surface area contributed by atoms with Crippen LogP contribution in [0, 0.1) is 5.92 Å². The Morgan fingerprint density at radius 3 is 2.50 bits per heavy atom. The van der Waals surface area contributed by atoms with Gasteiger partial charge in [-0.15, -0.1) is 0 Å². The Hall–Kier alpha value is -1.74. The first-order chi connectivity index (χ1) is 8.81. The van der Waals surface area contributed by atoms with Crippen LogP contribution in [0.1, 0.15) is 11.3 Å². The second-order valence-electron chi connectivity index (χ2n) is 4.44. The first-order valence-corrected chi connectivity index (χ1v) is 6.17. The summed E-state index contributed by atoms with van der Waals surface area (Å²) < 4.78 is 10.5. The highest BCUT2D eigenvalue weighted by Gasteiger charge is 2.10. The molecule has 0 aliphatic rings. The van der Waals surface area contributed by atoms with Gasteiger partial charge in [0.05, 0.1) is 13.4 Å². The third-order valence-corrected chi connectivity index (χ3v) is 3.09. The van der Waals surface area contributed by atoms with Crippen molar-refractivity contribution in [2.75, 3.05) is 13.7 Å². The number of hydrogen-bond acceptors (Lipinski definition) is 3. The summed E-state index contributed by atoms with van der Waals surface area (Å²) >= 11 is 0. The van der Waals surface area contributed by atoms with E-state index >= 15 is 0 Å². The van der Waals surface area contributed by atoms with Gasteiger partial charge in [-0.3, -0.25) is 0 Å². The van der Waals surface area contributed by atoms with Crippen molar-refractivity contribution in [2.45, 2.75) is 12.8 Å². The van der Waals surface area contributed by atoms with E-state index in [-0.39, 0.29) is 0 Å². The van der Waals surface area contributed by atoms with Crippen molar-refractivity contribution in [3.8, 4) is 5.75 Å². The lowest BCUT2D eigenvalue weighted by Gasteiger charge is -2.13. The lowest BCUT2D eigenvalue weighted by atomic mass is 9.95. The highest BCUT2D eigenvalue weighted by molar-refractivity contribution is 5.27. The molecule has 0 aliphatic carbocycles. The number of furan rings is 1. The predicted octanol–water partition coefficient (Wildman–Crippen LogP) is 2.65. The number of ether oxygens (including phenoxy) is 1. The molecule has 96 valence electrons. The third-order valence-electron chi connectivity index (χ3n) is 3.09. The van der Waals surface area contributed by atoms with E-state index < -0.39 is 0 Å². The molecule has 0 spiro atoms. The summed E-state index contributed by atoms with van der Waals surface area (Å²) in [5.74, 6) is 2.29. The second-order valence-corrected chi connectivity index (χ2v) is 4.44. The van der Waals surface area contributed by atoms with E-state index in [9.17, 15) is 0 Å². The van der Waals surface area contributed by atoms with Gasteiger partial charge in [0, 0.05) is 6.42 Å². The maximum Gasteiger partial charge on any atom is 0.118 e. The number of methoxy groups -OCH3 is 1. The summed E-state index contributed by atoms with van der Waals surface area (Å²) in [6, 6.07) is 12.0. The average molecular weight is 245 g/mol. The summed E-state index contributed by atoms with van der Waals surface area (Å²) in [7, 11) is 1.68.